The summed E-state index contributed by atoms with van der Waals surface area (Å²) in [5.74, 6) is -0.0543. The first kappa shape index (κ1) is 11.9. The average molecular weight is 294 g/mol. The quantitative estimate of drug-likeness (QED) is 0.945. The Balaban J connectivity index is 2.06. The van der Waals surface area contributed by atoms with Crippen LogP contribution in [0.4, 0.5) is 0 Å². The van der Waals surface area contributed by atoms with Gasteiger partial charge in [0.1, 0.15) is 5.69 Å². The summed E-state index contributed by atoms with van der Waals surface area (Å²) in [6.45, 7) is 0.496. The molecule has 88 valence electrons. The molecular weight excluding hydrogens is 282 g/mol. The van der Waals surface area contributed by atoms with E-state index in [-0.39, 0.29) is 5.91 Å². The molecule has 0 spiro atoms. The molecule has 2 aromatic rings. The number of carbonyl (C=O) groups is 1. The van der Waals surface area contributed by atoms with E-state index in [0.717, 1.165) is 10.2 Å². The Morgan fingerprint density at radius 2 is 2.35 bits per heavy atom. The fraction of sp³-hybridized carbons (Fsp3) is 0.167. The summed E-state index contributed by atoms with van der Waals surface area (Å²) in [5, 5.41) is 0. The van der Waals surface area contributed by atoms with Gasteiger partial charge in [-0.15, -0.1) is 0 Å². The minimum atomic E-state index is -0.0543. The predicted octanol–water partition coefficient (Wildman–Crippen LogP) is 2.44. The number of nitrogens with one attached hydrogen (secondary N) is 1. The predicted molar refractivity (Wildman–Crippen MR) is 68.5 cm³/mol. The number of rotatable bonds is 3. The zero-order valence-corrected chi connectivity index (χ0v) is 10.9. The van der Waals surface area contributed by atoms with Gasteiger partial charge in [0.15, 0.2) is 0 Å². The summed E-state index contributed by atoms with van der Waals surface area (Å²) in [6, 6.07) is 7.42. The Labute approximate surface area is 108 Å². The van der Waals surface area contributed by atoms with Crippen molar-refractivity contribution in [1.29, 1.82) is 0 Å². The van der Waals surface area contributed by atoms with Crippen molar-refractivity contribution in [3.8, 4) is 0 Å². The van der Waals surface area contributed by atoms with E-state index in [1.54, 1.807) is 30.4 Å². The number of nitrogens with zero attached hydrogens (tertiary/aromatic N) is 2. The first-order valence-electron chi connectivity index (χ1n) is 5.16. The van der Waals surface area contributed by atoms with Gasteiger partial charge in [-0.25, -0.2) is 0 Å². The van der Waals surface area contributed by atoms with E-state index in [9.17, 15) is 4.79 Å². The van der Waals surface area contributed by atoms with Crippen LogP contribution in [0, 0.1) is 0 Å². The third-order valence-corrected chi connectivity index (χ3v) is 2.81. The zero-order valence-electron chi connectivity index (χ0n) is 9.35. The molecule has 4 nitrogen and oxygen atoms in total. The van der Waals surface area contributed by atoms with Crippen molar-refractivity contribution in [2.75, 3.05) is 7.05 Å². The number of aromatic nitrogens is 2. The van der Waals surface area contributed by atoms with E-state index in [2.05, 4.69) is 25.9 Å². The lowest BCUT2D eigenvalue weighted by atomic mass is 10.3. The van der Waals surface area contributed by atoms with Gasteiger partial charge in [0.2, 0.25) is 0 Å². The van der Waals surface area contributed by atoms with Crippen LogP contribution in [-0.2, 0) is 6.54 Å². The molecule has 1 amide bonds. The maximum absolute atomic E-state index is 12.0. The third-order valence-electron chi connectivity index (χ3n) is 2.35. The molecule has 0 saturated carbocycles. The molecule has 0 aromatic carbocycles. The third kappa shape index (κ3) is 2.94. The van der Waals surface area contributed by atoms with Crippen LogP contribution < -0.4 is 0 Å². The van der Waals surface area contributed by atoms with Gasteiger partial charge >= 0.3 is 0 Å². The Morgan fingerprint density at radius 1 is 1.53 bits per heavy atom. The van der Waals surface area contributed by atoms with Gasteiger partial charge in [-0.05, 0) is 34.1 Å². The monoisotopic (exact) mass is 293 g/mol. The van der Waals surface area contributed by atoms with Crippen LogP contribution >= 0.6 is 15.9 Å². The van der Waals surface area contributed by atoms with Crippen molar-refractivity contribution in [1.82, 2.24) is 14.9 Å². The summed E-state index contributed by atoms with van der Waals surface area (Å²) < 4.78 is 0.868. The molecule has 0 fully saturated rings. The molecule has 2 heterocycles. The van der Waals surface area contributed by atoms with Gasteiger partial charge in [0.25, 0.3) is 5.91 Å². The van der Waals surface area contributed by atoms with Crippen molar-refractivity contribution in [2.24, 2.45) is 0 Å². The van der Waals surface area contributed by atoms with E-state index in [1.807, 2.05) is 18.2 Å². The zero-order chi connectivity index (χ0) is 12.3. The van der Waals surface area contributed by atoms with E-state index < -0.39 is 0 Å². The molecule has 2 aromatic heterocycles. The van der Waals surface area contributed by atoms with Crippen molar-refractivity contribution in [2.45, 2.75) is 6.54 Å². The lowest BCUT2D eigenvalue weighted by molar-refractivity contribution is 0.0778. The Morgan fingerprint density at radius 3 is 2.94 bits per heavy atom. The van der Waals surface area contributed by atoms with E-state index in [0.29, 0.717) is 12.2 Å². The first-order valence-corrected chi connectivity index (χ1v) is 5.95. The highest BCUT2D eigenvalue weighted by atomic mass is 79.9. The largest absolute Gasteiger partial charge is 0.356 e. The maximum Gasteiger partial charge on any atom is 0.270 e. The number of aromatic amines is 1. The number of pyridine rings is 1. The second-order valence-corrected chi connectivity index (χ2v) is 4.63. The molecule has 1 N–H and O–H groups in total. The van der Waals surface area contributed by atoms with Gasteiger partial charge in [-0.1, -0.05) is 6.07 Å². The molecular formula is C12H12BrN3O. The van der Waals surface area contributed by atoms with E-state index >= 15 is 0 Å². The van der Waals surface area contributed by atoms with Crippen LogP contribution in [-0.4, -0.2) is 27.8 Å². The number of carbonyl (C=O) groups excluding carboxylic acids is 1. The molecule has 0 radical (unpaired) electrons. The smallest absolute Gasteiger partial charge is 0.270 e. The van der Waals surface area contributed by atoms with Gasteiger partial charge in [0, 0.05) is 23.9 Å². The minimum Gasteiger partial charge on any atom is -0.356 e. The summed E-state index contributed by atoms with van der Waals surface area (Å²) in [5.41, 5.74) is 1.43. The summed E-state index contributed by atoms with van der Waals surface area (Å²) in [7, 11) is 1.76. The van der Waals surface area contributed by atoms with Crippen LogP contribution in [0.3, 0.4) is 0 Å². The highest BCUT2D eigenvalue weighted by Crippen LogP contribution is 2.12. The maximum atomic E-state index is 12.0. The Kier molecular flexibility index (Phi) is 3.58. The second-order valence-electron chi connectivity index (χ2n) is 3.71. The summed E-state index contributed by atoms with van der Waals surface area (Å²) in [6.07, 6.45) is 3.46. The molecule has 0 saturated heterocycles. The number of halogens is 1. The summed E-state index contributed by atoms with van der Waals surface area (Å²) in [4.78, 5) is 20.7. The van der Waals surface area contributed by atoms with Crippen LogP contribution in [0.25, 0.3) is 0 Å². The van der Waals surface area contributed by atoms with Crippen LogP contribution in [0.5, 0.6) is 0 Å². The molecule has 0 bridgehead atoms. The SMILES string of the molecule is CN(Cc1ccccn1)C(=O)c1cc(Br)c[nH]1. The molecule has 0 unspecified atom stereocenters. The minimum absolute atomic E-state index is 0.0543. The van der Waals surface area contributed by atoms with Crippen molar-refractivity contribution >= 4 is 21.8 Å². The van der Waals surface area contributed by atoms with Gasteiger partial charge in [-0.3, -0.25) is 9.78 Å². The van der Waals surface area contributed by atoms with Gasteiger partial charge < -0.3 is 9.88 Å². The van der Waals surface area contributed by atoms with Crippen molar-refractivity contribution in [3.63, 3.8) is 0 Å². The van der Waals surface area contributed by atoms with Crippen LogP contribution in [0.15, 0.2) is 41.1 Å². The lowest BCUT2D eigenvalue weighted by Crippen LogP contribution is -2.26. The van der Waals surface area contributed by atoms with E-state index in [1.165, 1.54) is 0 Å². The number of hydrogen-bond acceptors (Lipinski definition) is 2. The highest BCUT2D eigenvalue weighted by molar-refractivity contribution is 9.10. The Hall–Kier alpha value is -1.62. The fourth-order valence-corrected chi connectivity index (χ4v) is 1.85. The molecule has 2 rings (SSSR count). The van der Waals surface area contributed by atoms with Crippen LogP contribution in [0.1, 0.15) is 16.2 Å². The van der Waals surface area contributed by atoms with E-state index in [4.69, 9.17) is 0 Å². The van der Waals surface area contributed by atoms with Gasteiger partial charge in [0.05, 0.1) is 12.2 Å². The number of hydrogen-bond donors (Lipinski definition) is 1. The molecule has 0 aliphatic rings. The van der Waals surface area contributed by atoms with Crippen molar-refractivity contribution < 1.29 is 4.79 Å². The fourth-order valence-electron chi connectivity index (χ4n) is 1.50. The normalized spacial score (nSPS) is 10.2. The highest BCUT2D eigenvalue weighted by Gasteiger charge is 2.13. The van der Waals surface area contributed by atoms with Crippen molar-refractivity contribution in [3.05, 3.63) is 52.5 Å². The van der Waals surface area contributed by atoms with Crippen LogP contribution in [0.2, 0.25) is 0 Å². The van der Waals surface area contributed by atoms with Gasteiger partial charge in [-0.2, -0.15) is 0 Å². The molecule has 0 aliphatic heterocycles. The topological polar surface area (TPSA) is 49.0 Å². The number of amides is 1. The molecule has 0 atom stereocenters. The number of H-pyrrole nitrogens is 1. The Bertz CT molecular complexity index is 509. The molecule has 0 aliphatic carbocycles. The lowest BCUT2D eigenvalue weighted by Gasteiger charge is -2.15. The second kappa shape index (κ2) is 5.14. The molecule has 5 heteroatoms. The first-order chi connectivity index (χ1) is 8.16. The molecule has 17 heavy (non-hydrogen) atoms. The average Bonchev–Trinajstić information content (AvgIpc) is 2.76. The standard InChI is InChI=1S/C12H12BrN3O/c1-16(8-10-4-2-3-5-14-10)12(17)11-6-9(13)7-15-11/h2-7,15H,8H2,1H3. The summed E-state index contributed by atoms with van der Waals surface area (Å²) >= 11 is 3.30.